The van der Waals surface area contributed by atoms with E-state index in [9.17, 15) is 0 Å². The van der Waals surface area contributed by atoms with Gasteiger partial charge < -0.3 is 19.7 Å². The lowest BCUT2D eigenvalue weighted by Crippen LogP contribution is -2.30. The quantitative estimate of drug-likeness (QED) is 0.558. The lowest BCUT2D eigenvalue weighted by molar-refractivity contribution is -0.0359. The van der Waals surface area contributed by atoms with Gasteiger partial charge in [-0.2, -0.15) is 0 Å². The second kappa shape index (κ2) is 8.86. The highest BCUT2D eigenvalue weighted by atomic mass is 16.5. The minimum absolute atomic E-state index is 0.0231. The van der Waals surface area contributed by atoms with Gasteiger partial charge in [-0.3, -0.25) is 0 Å². The molecule has 0 unspecified atom stereocenters. The fraction of sp³-hybridized carbons (Fsp3) is 1.00. The van der Waals surface area contributed by atoms with E-state index in [4.69, 9.17) is 19.7 Å². The Morgan fingerprint density at radius 1 is 0.778 bits per heavy atom. The normalized spacial score (nSPS) is 13.0. The van der Waals surface area contributed by atoms with E-state index >= 15 is 0 Å². The Labute approximate surface area is 111 Å². The molecule has 0 rings (SSSR count). The summed E-state index contributed by atoms with van der Waals surface area (Å²) in [7, 11) is 0. The zero-order chi connectivity index (χ0) is 14.1. The molecule has 0 amide bonds. The van der Waals surface area contributed by atoms with E-state index in [-0.39, 0.29) is 24.0 Å². The number of ether oxygens (including phenoxy) is 2. The molecule has 110 valence electrons. The van der Waals surface area contributed by atoms with Crippen LogP contribution in [0.2, 0.25) is 0 Å². The summed E-state index contributed by atoms with van der Waals surface area (Å²) in [6.07, 6.45) is 1.69. The largest absolute Gasteiger partial charge is 0.396 e. The summed E-state index contributed by atoms with van der Waals surface area (Å²) >= 11 is 0. The van der Waals surface area contributed by atoms with Crippen LogP contribution < -0.4 is 0 Å². The Morgan fingerprint density at radius 3 is 1.89 bits per heavy atom. The number of hydrogen-bond acceptors (Lipinski definition) is 4. The maximum Gasteiger partial charge on any atom is 0.0539 e. The molecule has 2 N–H and O–H groups in total. The fourth-order valence-electron chi connectivity index (χ4n) is 1.36. The highest BCUT2D eigenvalue weighted by Gasteiger charge is 2.22. The van der Waals surface area contributed by atoms with Gasteiger partial charge in [0.25, 0.3) is 0 Å². The van der Waals surface area contributed by atoms with Crippen LogP contribution in [0, 0.1) is 10.8 Å². The van der Waals surface area contributed by atoms with E-state index in [0.29, 0.717) is 26.4 Å². The van der Waals surface area contributed by atoms with Crippen LogP contribution in [0.15, 0.2) is 0 Å². The third-order valence-electron chi connectivity index (χ3n) is 2.60. The van der Waals surface area contributed by atoms with Gasteiger partial charge >= 0.3 is 0 Å². The van der Waals surface area contributed by atoms with Gasteiger partial charge in [0.05, 0.1) is 26.4 Å². The molecule has 18 heavy (non-hydrogen) atoms. The molecule has 0 spiro atoms. The van der Waals surface area contributed by atoms with Crippen molar-refractivity contribution in [3.8, 4) is 0 Å². The predicted octanol–water partition coefficient (Wildman–Crippen LogP) is 1.84. The molecule has 0 aromatic carbocycles. The summed E-state index contributed by atoms with van der Waals surface area (Å²) in [5.41, 5.74) is -0.206. The number of aliphatic hydroxyl groups excluding tert-OH is 2. The van der Waals surface area contributed by atoms with Crippen molar-refractivity contribution in [2.45, 2.75) is 40.5 Å². The smallest absolute Gasteiger partial charge is 0.0539 e. The Balaban J connectivity index is 3.66. The summed E-state index contributed by atoms with van der Waals surface area (Å²) in [5, 5.41) is 17.8. The first-order valence-electron chi connectivity index (χ1n) is 6.70. The van der Waals surface area contributed by atoms with Crippen LogP contribution in [-0.4, -0.2) is 49.9 Å². The molecule has 0 aromatic heterocycles. The van der Waals surface area contributed by atoms with Crippen molar-refractivity contribution >= 4 is 0 Å². The van der Waals surface area contributed by atoms with Crippen molar-refractivity contribution in [3.63, 3.8) is 0 Å². The molecule has 0 heterocycles. The van der Waals surface area contributed by atoms with Gasteiger partial charge in [-0.1, -0.05) is 27.7 Å². The molecule has 0 saturated carbocycles. The van der Waals surface area contributed by atoms with Crippen LogP contribution in [-0.2, 0) is 9.47 Å². The van der Waals surface area contributed by atoms with E-state index in [1.807, 2.05) is 13.8 Å². The van der Waals surface area contributed by atoms with Gasteiger partial charge in [-0.05, 0) is 12.8 Å². The van der Waals surface area contributed by atoms with E-state index in [2.05, 4.69) is 13.8 Å². The fourth-order valence-corrected chi connectivity index (χ4v) is 1.36. The first-order chi connectivity index (χ1) is 8.33. The molecule has 0 aliphatic heterocycles. The summed E-state index contributed by atoms with van der Waals surface area (Å²) in [6, 6.07) is 0. The monoisotopic (exact) mass is 262 g/mol. The van der Waals surface area contributed by atoms with Gasteiger partial charge in [-0.15, -0.1) is 0 Å². The number of rotatable bonds is 11. The van der Waals surface area contributed by atoms with Gasteiger partial charge in [0, 0.05) is 24.0 Å². The van der Waals surface area contributed by atoms with Gasteiger partial charge in [0.2, 0.25) is 0 Å². The maximum atomic E-state index is 9.12. The average molecular weight is 262 g/mol. The standard InChI is InChI=1S/C14H30O4/c1-13(2,9-16)10-18-12-14(3,4)11-17-8-6-5-7-15/h15-16H,5-12H2,1-4H3. The summed E-state index contributed by atoms with van der Waals surface area (Å²) in [6.45, 7) is 11.0. The molecule has 0 saturated heterocycles. The van der Waals surface area contributed by atoms with Crippen molar-refractivity contribution in [3.05, 3.63) is 0 Å². The second-order valence-electron chi connectivity index (χ2n) is 6.46. The van der Waals surface area contributed by atoms with Crippen molar-refractivity contribution in [1.29, 1.82) is 0 Å². The summed E-state index contributed by atoms with van der Waals surface area (Å²) in [4.78, 5) is 0. The van der Waals surface area contributed by atoms with Crippen LogP contribution in [0.3, 0.4) is 0 Å². The first-order valence-corrected chi connectivity index (χ1v) is 6.70. The summed E-state index contributed by atoms with van der Waals surface area (Å²) in [5.74, 6) is 0. The van der Waals surface area contributed by atoms with E-state index < -0.39 is 0 Å². The predicted molar refractivity (Wildman–Crippen MR) is 72.6 cm³/mol. The zero-order valence-corrected chi connectivity index (χ0v) is 12.4. The first kappa shape index (κ1) is 17.8. The van der Waals surface area contributed by atoms with Crippen molar-refractivity contribution in [2.24, 2.45) is 10.8 Å². The van der Waals surface area contributed by atoms with Crippen LogP contribution in [0.1, 0.15) is 40.5 Å². The topological polar surface area (TPSA) is 58.9 Å². The van der Waals surface area contributed by atoms with Crippen LogP contribution in [0.4, 0.5) is 0 Å². The van der Waals surface area contributed by atoms with Crippen molar-refractivity contribution < 1.29 is 19.7 Å². The van der Waals surface area contributed by atoms with Crippen LogP contribution in [0.5, 0.6) is 0 Å². The molecular weight excluding hydrogens is 232 g/mol. The molecule has 0 aliphatic carbocycles. The third kappa shape index (κ3) is 9.83. The molecule has 4 heteroatoms. The maximum absolute atomic E-state index is 9.12. The molecular formula is C14H30O4. The second-order valence-corrected chi connectivity index (χ2v) is 6.46. The minimum atomic E-state index is -0.182. The minimum Gasteiger partial charge on any atom is -0.396 e. The van der Waals surface area contributed by atoms with E-state index in [1.165, 1.54) is 0 Å². The van der Waals surface area contributed by atoms with E-state index in [0.717, 1.165) is 12.8 Å². The SMILES string of the molecule is CC(C)(CO)COCC(C)(C)COCCCCO. The molecule has 4 nitrogen and oxygen atoms in total. The molecule has 0 aromatic rings. The van der Waals surface area contributed by atoms with Crippen LogP contribution in [0.25, 0.3) is 0 Å². The third-order valence-corrected chi connectivity index (χ3v) is 2.60. The Kier molecular flexibility index (Phi) is 8.78. The number of unbranched alkanes of at least 4 members (excludes halogenated alkanes) is 1. The highest BCUT2D eigenvalue weighted by molar-refractivity contribution is 4.70. The van der Waals surface area contributed by atoms with Crippen LogP contribution >= 0.6 is 0 Å². The molecule has 0 atom stereocenters. The average Bonchev–Trinajstić information content (AvgIpc) is 2.28. The van der Waals surface area contributed by atoms with Crippen molar-refractivity contribution in [1.82, 2.24) is 0 Å². The van der Waals surface area contributed by atoms with E-state index in [1.54, 1.807) is 0 Å². The zero-order valence-electron chi connectivity index (χ0n) is 12.4. The Bertz CT molecular complexity index is 202. The Hall–Kier alpha value is -0.160. The highest BCUT2D eigenvalue weighted by Crippen LogP contribution is 2.19. The molecule has 0 fully saturated rings. The number of aliphatic hydroxyl groups is 2. The lowest BCUT2D eigenvalue weighted by atomic mass is 9.94. The molecule has 0 bridgehead atoms. The number of hydrogen-bond donors (Lipinski definition) is 2. The van der Waals surface area contributed by atoms with Crippen molar-refractivity contribution in [2.75, 3.05) is 39.6 Å². The summed E-state index contributed by atoms with van der Waals surface area (Å²) < 4.78 is 11.2. The Morgan fingerprint density at radius 2 is 1.33 bits per heavy atom. The van der Waals surface area contributed by atoms with Gasteiger partial charge in [-0.25, -0.2) is 0 Å². The van der Waals surface area contributed by atoms with Gasteiger partial charge in [0.1, 0.15) is 0 Å². The molecule has 0 aliphatic rings. The lowest BCUT2D eigenvalue weighted by Gasteiger charge is -2.27. The van der Waals surface area contributed by atoms with Gasteiger partial charge in [0.15, 0.2) is 0 Å². The molecule has 0 radical (unpaired) electrons.